The van der Waals surface area contributed by atoms with Crippen LogP contribution in [-0.2, 0) is 16.1 Å². The number of aromatic amines is 1. The summed E-state index contributed by atoms with van der Waals surface area (Å²) >= 11 is 0.896. The van der Waals surface area contributed by atoms with Crippen LogP contribution in [0.15, 0.2) is 9.95 Å². The number of nitrogens with zero attached hydrogens (tertiary/aromatic N) is 2. The third-order valence-electron chi connectivity index (χ3n) is 2.95. The van der Waals surface area contributed by atoms with Crippen LogP contribution in [-0.4, -0.2) is 51.9 Å². The van der Waals surface area contributed by atoms with E-state index >= 15 is 0 Å². The van der Waals surface area contributed by atoms with E-state index in [0.29, 0.717) is 13.2 Å². The van der Waals surface area contributed by atoms with Crippen LogP contribution in [0.1, 0.15) is 12.8 Å². The largest absolute Gasteiger partial charge is 0.405 e. The Balaban J connectivity index is 1.87. The van der Waals surface area contributed by atoms with Gasteiger partial charge < -0.3 is 10.1 Å². The first-order valence-electron chi connectivity index (χ1n) is 6.58. The van der Waals surface area contributed by atoms with E-state index in [4.69, 9.17) is 4.74 Å². The van der Waals surface area contributed by atoms with Gasteiger partial charge in [0.25, 0.3) is 0 Å². The molecular weight excluding hydrogens is 325 g/mol. The molecule has 0 radical (unpaired) electrons. The third kappa shape index (κ3) is 5.05. The third-order valence-corrected chi connectivity index (χ3v) is 3.93. The minimum absolute atomic E-state index is 0.0892. The van der Waals surface area contributed by atoms with Crippen LogP contribution >= 0.6 is 11.8 Å². The summed E-state index contributed by atoms with van der Waals surface area (Å²) in [7, 11) is 0. The number of H-pyrrole nitrogens is 1. The Morgan fingerprint density at radius 2 is 2.32 bits per heavy atom. The molecule has 1 atom stereocenters. The molecule has 1 aromatic heterocycles. The second kappa shape index (κ2) is 7.18. The maximum atomic E-state index is 12.0. The zero-order valence-electron chi connectivity index (χ0n) is 11.5. The average Bonchev–Trinajstić information content (AvgIpc) is 3.06. The molecule has 0 aliphatic carbocycles. The highest BCUT2D eigenvalue weighted by Gasteiger charge is 2.27. The normalized spacial score (nSPS) is 18.6. The van der Waals surface area contributed by atoms with Crippen molar-refractivity contribution in [3.63, 3.8) is 0 Å². The summed E-state index contributed by atoms with van der Waals surface area (Å²) in [6.07, 6.45) is -2.80. The van der Waals surface area contributed by atoms with Crippen molar-refractivity contribution in [2.75, 3.05) is 18.9 Å². The fourth-order valence-corrected chi connectivity index (χ4v) is 2.73. The Morgan fingerprint density at radius 3 is 2.95 bits per heavy atom. The fraction of sp³-hybridized carbons (Fsp3) is 0.727. The van der Waals surface area contributed by atoms with Gasteiger partial charge in [-0.3, -0.25) is 9.36 Å². The number of nitrogens with one attached hydrogen (secondary N) is 2. The highest BCUT2D eigenvalue weighted by Crippen LogP contribution is 2.18. The zero-order chi connectivity index (χ0) is 16.2. The van der Waals surface area contributed by atoms with Gasteiger partial charge in [0.1, 0.15) is 6.54 Å². The number of carbonyl (C=O) groups is 1. The van der Waals surface area contributed by atoms with Crippen LogP contribution in [0.2, 0.25) is 0 Å². The quantitative estimate of drug-likeness (QED) is 0.737. The lowest BCUT2D eigenvalue weighted by Crippen LogP contribution is -2.34. The van der Waals surface area contributed by atoms with E-state index in [1.54, 1.807) is 5.32 Å². The highest BCUT2D eigenvalue weighted by molar-refractivity contribution is 7.99. The topological polar surface area (TPSA) is 89.0 Å². The molecule has 2 rings (SSSR count). The van der Waals surface area contributed by atoms with Gasteiger partial charge in [-0.25, -0.2) is 9.89 Å². The summed E-state index contributed by atoms with van der Waals surface area (Å²) in [5, 5.41) is 8.04. The molecule has 22 heavy (non-hydrogen) atoms. The van der Waals surface area contributed by atoms with Gasteiger partial charge in [0, 0.05) is 6.61 Å². The summed E-state index contributed by atoms with van der Waals surface area (Å²) in [4.78, 5) is 23.0. The number of alkyl halides is 3. The first-order chi connectivity index (χ1) is 10.3. The molecule has 2 N–H and O–H groups in total. The van der Waals surface area contributed by atoms with Crippen molar-refractivity contribution in [2.45, 2.75) is 36.8 Å². The van der Waals surface area contributed by atoms with Gasteiger partial charge in [0.2, 0.25) is 5.91 Å². The van der Waals surface area contributed by atoms with Crippen molar-refractivity contribution in [3.05, 3.63) is 10.5 Å². The van der Waals surface area contributed by atoms with E-state index in [2.05, 4.69) is 10.2 Å². The van der Waals surface area contributed by atoms with Crippen LogP contribution in [0, 0.1) is 0 Å². The van der Waals surface area contributed by atoms with Crippen LogP contribution in [0.3, 0.4) is 0 Å². The summed E-state index contributed by atoms with van der Waals surface area (Å²) < 4.78 is 42.7. The van der Waals surface area contributed by atoms with E-state index < -0.39 is 24.3 Å². The molecule has 7 nitrogen and oxygen atoms in total. The molecule has 2 heterocycles. The zero-order valence-corrected chi connectivity index (χ0v) is 12.3. The maximum Gasteiger partial charge on any atom is 0.405 e. The van der Waals surface area contributed by atoms with E-state index in [0.717, 1.165) is 24.6 Å². The number of ether oxygens (including phenoxy) is 1. The van der Waals surface area contributed by atoms with Gasteiger partial charge in [0.15, 0.2) is 5.16 Å². The molecular formula is C11H15F3N4O3S. The minimum Gasteiger partial charge on any atom is -0.376 e. The smallest absolute Gasteiger partial charge is 0.376 e. The van der Waals surface area contributed by atoms with Crippen molar-refractivity contribution < 1.29 is 22.7 Å². The predicted molar refractivity (Wildman–Crippen MR) is 71.6 cm³/mol. The van der Waals surface area contributed by atoms with Crippen LogP contribution in [0.5, 0.6) is 0 Å². The van der Waals surface area contributed by atoms with E-state index in [-0.39, 0.29) is 17.0 Å². The molecule has 0 spiro atoms. The predicted octanol–water partition coefficient (Wildman–Crippen LogP) is 0.521. The lowest BCUT2D eigenvalue weighted by Gasteiger charge is -2.11. The molecule has 1 aliphatic rings. The van der Waals surface area contributed by atoms with Gasteiger partial charge in [-0.15, -0.1) is 5.10 Å². The SMILES string of the molecule is O=C(CSc1n[nH]c(=O)n1C[C@@H]1CCCO1)NCC(F)(F)F. The number of rotatable bonds is 6. The molecule has 0 bridgehead atoms. The first kappa shape index (κ1) is 16.9. The van der Waals surface area contributed by atoms with Crippen LogP contribution in [0.4, 0.5) is 13.2 Å². The molecule has 1 aromatic rings. The van der Waals surface area contributed by atoms with Crippen molar-refractivity contribution in [3.8, 4) is 0 Å². The lowest BCUT2D eigenvalue weighted by atomic mass is 10.2. The Morgan fingerprint density at radius 1 is 1.55 bits per heavy atom. The molecule has 1 fully saturated rings. The number of aromatic nitrogens is 3. The van der Waals surface area contributed by atoms with Crippen LogP contribution in [0.25, 0.3) is 0 Å². The number of hydrogen-bond donors (Lipinski definition) is 2. The Labute approximate surface area is 127 Å². The second-order valence-corrected chi connectivity index (χ2v) is 5.68. The maximum absolute atomic E-state index is 12.0. The minimum atomic E-state index is -4.45. The molecule has 0 aromatic carbocycles. The van der Waals surface area contributed by atoms with Crippen molar-refractivity contribution in [1.82, 2.24) is 20.1 Å². The Hall–Kier alpha value is -1.49. The van der Waals surface area contributed by atoms with Gasteiger partial charge in [-0.05, 0) is 12.8 Å². The fourth-order valence-electron chi connectivity index (χ4n) is 1.95. The molecule has 124 valence electrons. The summed E-state index contributed by atoms with van der Waals surface area (Å²) in [5.74, 6) is -1.03. The molecule has 0 saturated carbocycles. The molecule has 1 aliphatic heterocycles. The monoisotopic (exact) mass is 340 g/mol. The molecule has 1 saturated heterocycles. The van der Waals surface area contributed by atoms with Crippen molar-refractivity contribution in [2.24, 2.45) is 0 Å². The number of halogens is 3. The number of hydrogen-bond acceptors (Lipinski definition) is 5. The van der Waals surface area contributed by atoms with E-state index in [1.807, 2.05) is 0 Å². The summed E-state index contributed by atoms with van der Waals surface area (Å²) in [6.45, 7) is -0.433. The lowest BCUT2D eigenvalue weighted by molar-refractivity contribution is -0.136. The Kier molecular flexibility index (Phi) is 5.51. The van der Waals surface area contributed by atoms with Gasteiger partial charge in [-0.1, -0.05) is 11.8 Å². The summed E-state index contributed by atoms with van der Waals surface area (Å²) in [5.41, 5.74) is -0.436. The van der Waals surface area contributed by atoms with Crippen molar-refractivity contribution in [1.29, 1.82) is 0 Å². The first-order valence-corrected chi connectivity index (χ1v) is 7.57. The van der Waals surface area contributed by atoms with Gasteiger partial charge in [0.05, 0.1) is 18.4 Å². The van der Waals surface area contributed by atoms with Crippen LogP contribution < -0.4 is 11.0 Å². The average molecular weight is 340 g/mol. The van der Waals surface area contributed by atoms with E-state index in [9.17, 15) is 22.8 Å². The highest BCUT2D eigenvalue weighted by atomic mass is 32.2. The second-order valence-electron chi connectivity index (χ2n) is 4.74. The Bertz CT molecular complexity index is 566. The molecule has 1 amide bonds. The molecule has 0 unspecified atom stereocenters. The molecule has 11 heteroatoms. The standard InChI is InChI=1S/C11H15F3N4O3S/c12-11(13,14)6-15-8(19)5-22-10-17-16-9(20)18(10)4-7-2-1-3-21-7/h7H,1-6H2,(H,15,19)(H,16,20)/t7-/m0/s1. The van der Waals surface area contributed by atoms with E-state index in [1.165, 1.54) is 4.57 Å². The number of thioether (sulfide) groups is 1. The van der Waals surface area contributed by atoms with Gasteiger partial charge >= 0.3 is 11.9 Å². The number of carbonyl (C=O) groups excluding carboxylic acids is 1. The van der Waals surface area contributed by atoms with Crippen molar-refractivity contribution >= 4 is 17.7 Å². The summed E-state index contributed by atoms with van der Waals surface area (Å²) in [6, 6.07) is 0. The van der Waals surface area contributed by atoms with Gasteiger partial charge in [-0.2, -0.15) is 13.2 Å². The number of amides is 1.